The third kappa shape index (κ3) is 3.62. The molecule has 2 aromatic heterocycles. The number of rotatable bonds is 6. The number of aliphatic hydroxyl groups is 2. The fourth-order valence-electron chi connectivity index (χ4n) is 1.95. The summed E-state index contributed by atoms with van der Waals surface area (Å²) in [5.74, 6) is 1.42. The highest BCUT2D eigenvalue weighted by atomic mass is 16.3. The normalized spacial score (nSPS) is 14.2. The average Bonchev–Trinajstić information content (AvgIpc) is 2.70. The summed E-state index contributed by atoms with van der Waals surface area (Å²) >= 11 is 0. The topological polar surface area (TPSA) is 94.7 Å². The van der Waals surface area contributed by atoms with Crippen LogP contribution in [0, 0.1) is 13.8 Å². The zero-order valence-electron chi connectivity index (χ0n) is 12.9. The molecule has 0 spiro atoms. The molecule has 0 amide bonds. The fraction of sp³-hybridized carbons (Fsp3) is 0.571. The van der Waals surface area contributed by atoms with Crippen molar-refractivity contribution in [3.05, 3.63) is 17.3 Å². The Labute approximate surface area is 124 Å². The first-order chi connectivity index (χ1) is 9.88. The molecule has 0 bridgehead atoms. The molecule has 0 aliphatic carbocycles. The van der Waals surface area contributed by atoms with Crippen molar-refractivity contribution >= 4 is 17.3 Å². The van der Waals surface area contributed by atoms with Gasteiger partial charge >= 0.3 is 0 Å². The first-order valence-electron chi connectivity index (χ1n) is 7.09. The van der Waals surface area contributed by atoms with Crippen LogP contribution in [-0.4, -0.2) is 50.1 Å². The number of aliphatic hydroxyl groups excluding tert-OH is 2. The lowest BCUT2D eigenvalue weighted by molar-refractivity contribution is 0.208. The Morgan fingerprint density at radius 2 is 1.76 bits per heavy atom. The third-order valence-corrected chi connectivity index (χ3v) is 3.21. The lowest BCUT2D eigenvalue weighted by Crippen LogP contribution is -2.19. The Bertz CT molecular complexity index is 621. The van der Waals surface area contributed by atoms with Crippen LogP contribution in [0.1, 0.15) is 25.1 Å². The summed E-state index contributed by atoms with van der Waals surface area (Å²) in [6.07, 6.45) is -0.913. The van der Waals surface area contributed by atoms with Gasteiger partial charge < -0.3 is 20.8 Å². The number of nitrogens with zero attached hydrogens (tertiary/aromatic N) is 3. The van der Waals surface area contributed by atoms with Gasteiger partial charge in [-0.25, -0.2) is 4.98 Å². The van der Waals surface area contributed by atoms with Crippen LogP contribution in [0.15, 0.2) is 6.07 Å². The Balaban J connectivity index is 2.39. The van der Waals surface area contributed by atoms with E-state index in [1.54, 1.807) is 18.4 Å². The summed E-state index contributed by atoms with van der Waals surface area (Å²) < 4.78 is 1.74. The van der Waals surface area contributed by atoms with Crippen LogP contribution in [0.4, 0.5) is 11.6 Å². The molecular formula is C14H23N5O2. The number of anilines is 2. The number of hydrogen-bond donors (Lipinski definition) is 4. The van der Waals surface area contributed by atoms with Gasteiger partial charge in [0.2, 0.25) is 0 Å². The first-order valence-corrected chi connectivity index (χ1v) is 7.09. The van der Waals surface area contributed by atoms with Crippen molar-refractivity contribution in [3.8, 4) is 0 Å². The van der Waals surface area contributed by atoms with E-state index in [1.165, 1.54) is 0 Å². The van der Waals surface area contributed by atoms with Gasteiger partial charge in [0.25, 0.3) is 0 Å². The molecule has 0 unspecified atom stereocenters. The zero-order chi connectivity index (χ0) is 15.6. The molecule has 0 saturated heterocycles. The fourth-order valence-corrected chi connectivity index (χ4v) is 1.95. The van der Waals surface area contributed by atoms with Crippen molar-refractivity contribution in [1.82, 2.24) is 14.6 Å². The van der Waals surface area contributed by atoms with E-state index in [0.29, 0.717) is 18.9 Å². The second-order valence-corrected chi connectivity index (χ2v) is 5.43. The minimum absolute atomic E-state index is 0.422. The van der Waals surface area contributed by atoms with Crippen molar-refractivity contribution in [2.75, 3.05) is 23.7 Å². The maximum Gasteiger partial charge on any atom is 0.162 e. The molecule has 0 aliphatic heterocycles. The summed E-state index contributed by atoms with van der Waals surface area (Å²) in [4.78, 5) is 4.53. The summed E-state index contributed by atoms with van der Waals surface area (Å²) in [5.41, 5.74) is 2.68. The van der Waals surface area contributed by atoms with Crippen LogP contribution < -0.4 is 10.6 Å². The van der Waals surface area contributed by atoms with Crippen molar-refractivity contribution in [2.45, 2.75) is 39.9 Å². The van der Waals surface area contributed by atoms with E-state index < -0.39 is 12.2 Å². The van der Waals surface area contributed by atoms with E-state index in [4.69, 9.17) is 0 Å². The highest BCUT2D eigenvalue weighted by Gasteiger charge is 2.12. The standard InChI is InChI=1S/C14H23N5O2/c1-8(20)6-15-12-5-13(16-7-9(2)21)19-14(17-12)10(3)11(4)18-19/h5,8-9,16,20-21H,6-7H2,1-4H3,(H,15,17)/t8-,9-/m1/s1. The zero-order valence-corrected chi connectivity index (χ0v) is 12.9. The average molecular weight is 293 g/mol. The van der Waals surface area contributed by atoms with Crippen LogP contribution >= 0.6 is 0 Å². The third-order valence-electron chi connectivity index (χ3n) is 3.21. The lowest BCUT2D eigenvalue weighted by atomic mass is 10.3. The Morgan fingerprint density at radius 3 is 2.38 bits per heavy atom. The second-order valence-electron chi connectivity index (χ2n) is 5.43. The molecule has 0 aliphatic rings. The van der Waals surface area contributed by atoms with Gasteiger partial charge in [-0.3, -0.25) is 0 Å². The van der Waals surface area contributed by atoms with Gasteiger partial charge in [-0.15, -0.1) is 0 Å². The van der Waals surface area contributed by atoms with Crippen molar-refractivity contribution < 1.29 is 10.2 Å². The Hall–Kier alpha value is -1.86. The molecule has 0 fully saturated rings. The summed E-state index contributed by atoms with van der Waals surface area (Å²) in [6.45, 7) is 8.19. The van der Waals surface area contributed by atoms with Gasteiger partial charge in [-0.05, 0) is 27.7 Å². The molecule has 2 atom stereocenters. The highest BCUT2D eigenvalue weighted by molar-refractivity contribution is 5.61. The molecule has 2 heterocycles. The molecule has 0 saturated carbocycles. The van der Waals surface area contributed by atoms with Crippen molar-refractivity contribution in [2.24, 2.45) is 0 Å². The summed E-state index contributed by atoms with van der Waals surface area (Å²) in [5, 5.41) is 29.5. The number of fused-ring (bicyclic) bond motifs is 1. The van der Waals surface area contributed by atoms with E-state index in [0.717, 1.165) is 22.7 Å². The monoisotopic (exact) mass is 293 g/mol. The van der Waals surface area contributed by atoms with Gasteiger partial charge in [0.1, 0.15) is 11.6 Å². The molecular weight excluding hydrogens is 270 g/mol. The summed E-state index contributed by atoms with van der Waals surface area (Å²) in [6, 6.07) is 1.82. The second kappa shape index (κ2) is 6.28. The van der Waals surface area contributed by atoms with Crippen LogP contribution in [-0.2, 0) is 0 Å². The number of hydrogen-bond acceptors (Lipinski definition) is 6. The quantitative estimate of drug-likeness (QED) is 0.633. The highest BCUT2D eigenvalue weighted by Crippen LogP contribution is 2.20. The molecule has 0 aromatic carbocycles. The van der Waals surface area contributed by atoms with E-state index in [1.807, 2.05) is 19.9 Å². The van der Waals surface area contributed by atoms with Gasteiger partial charge in [0.05, 0.1) is 17.9 Å². The molecule has 4 N–H and O–H groups in total. The molecule has 116 valence electrons. The smallest absolute Gasteiger partial charge is 0.162 e. The summed E-state index contributed by atoms with van der Waals surface area (Å²) in [7, 11) is 0. The maximum absolute atomic E-state index is 9.43. The van der Waals surface area contributed by atoms with Crippen molar-refractivity contribution in [3.63, 3.8) is 0 Å². The predicted octanol–water partition coefficient (Wildman–Crippen LogP) is 0.932. The van der Waals surface area contributed by atoms with Crippen LogP contribution in [0.2, 0.25) is 0 Å². The minimum Gasteiger partial charge on any atom is -0.392 e. The van der Waals surface area contributed by atoms with Crippen LogP contribution in [0.5, 0.6) is 0 Å². The molecule has 2 rings (SSSR count). The largest absolute Gasteiger partial charge is 0.392 e. The molecule has 7 heteroatoms. The van der Waals surface area contributed by atoms with Crippen LogP contribution in [0.3, 0.4) is 0 Å². The lowest BCUT2D eigenvalue weighted by Gasteiger charge is -2.13. The molecule has 7 nitrogen and oxygen atoms in total. The molecule has 0 radical (unpaired) electrons. The number of aryl methyl sites for hydroxylation is 2. The van der Waals surface area contributed by atoms with E-state index >= 15 is 0 Å². The van der Waals surface area contributed by atoms with Crippen LogP contribution in [0.25, 0.3) is 5.65 Å². The Kier molecular flexibility index (Phi) is 4.64. The minimum atomic E-state index is -0.458. The van der Waals surface area contributed by atoms with E-state index in [9.17, 15) is 10.2 Å². The number of nitrogens with one attached hydrogen (secondary N) is 2. The Morgan fingerprint density at radius 1 is 1.14 bits per heavy atom. The van der Waals surface area contributed by atoms with E-state index in [2.05, 4.69) is 20.7 Å². The molecule has 21 heavy (non-hydrogen) atoms. The molecule has 2 aromatic rings. The first kappa shape index (κ1) is 15.5. The van der Waals surface area contributed by atoms with Gasteiger partial charge in [-0.1, -0.05) is 0 Å². The SMILES string of the molecule is Cc1nn2c(NC[C@@H](C)O)cc(NC[C@@H](C)O)nc2c1C. The van der Waals surface area contributed by atoms with Gasteiger partial charge in [-0.2, -0.15) is 9.61 Å². The van der Waals surface area contributed by atoms with Gasteiger partial charge in [0.15, 0.2) is 5.65 Å². The number of aromatic nitrogens is 3. The van der Waals surface area contributed by atoms with Crippen molar-refractivity contribution in [1.29, 1.82) is 0 Å². The predicted molar refractivity (Wildman–Crippen MR) is 82.8 cm³/mol. The maximum atomic E-state index is 9.43. The van der Waals surface area contributed by atoms with Gasteiger partial charge in [0, 0.05) is 24.7 Å². The van der Waals surface area contributed by atoms with E-state index in [-0.39, 0.29) is 0 Å².